The molecule has 65 heavy (non-hydrogen) atoms. The molecule has 1 spiro atoms. The van der Waals surface area contributed by atoms with Gasteiger partial charge >= 0.3 is 0 Å². The lowest BCUT2D eigenvalue weighted by Gasteiger charge is -2.39. The van der Waals surface area contributed by atoms with Crippen LogP contribution in [0.25, 0.3) is 44.5 Å². The van der Waals surface area contributed by atoms with Crippen molar-refractivity contribution < 1.29 is 4.74 Å². The number of hydrogen-bond donors (Lipinski definition) is 0. The van der Waals surface area contributed by atoms with E-state index in [1.54, 1.807) is 0 Å². The van der Waals surface area contributed by atoms with Crippen LogP contribution < -0.4 is 9.64 Å². The summed E-state index contributed by atoms with van der Waals surface area (Å²) in [6.45, 7) is 0. The normalized spacial score (nSPS) is 14.5. The van der Waals surface area contributed by atoms with Crippen LogP contribution in [0.4, 0.5) is 17.1 Å². The summed E-state index contributed by atoms with van der Waals surface area (Å²) < 4.78 is 6.66. The van der Waals surface area contributed by atoms with E-state index in [0.717, 1.165) is 46.1 Å². The van der Waals surface area contributed by atoms with Crippen molar-refractivity contribution in [3.05, 3.63) is 282 Å². The number of benzene rings is 10. The van der Waals surface area contributed by atoms with Crippen molar-refractivity contribution in [2.45, 2.75) is 17.8 Å². The molecule has 1 aliphatic heterocycles. The van der Waals surface area contributed by atoms with Gasteiger partial charge in [-0.25, -0.2) is 0 Å². The molecule has 0 amide bonds. The minimum absolute atomic E-state index is 0.319. The first-order valence-electron chi connectivity index (χ1n) is 22.7. The first-order chi connectivity index (χ1) is 32.2. The molecule has 0 saturated heterocycles. The average molecular weight is 830 g/mol. The number of para-hydroxylation sites is 2. The van der Waals surface area contributed by atoms with Gasteiger partial charge in [-0.15, -0.1) is 0 Å². The van der Waals surface area contributed by atoms with Gasteiger partial charge in [0.2, 0.25) is 0 Å². The zero-order chi connectivity index (χ0) is 42.9. The maximum atomic E-state index is 6.66. The number of fused-ring (bicyclic) bond motifs is 12. The highest BCUT2D eigenvalue weighted by molar-refractivity contribution is 5.98. The summed E-state index contributed by atoms with van der Waals surface area (Å²) in [7, 11) is 0. The fraction of sp³-hybridized carbons (Fsp3) is 0.0476. The Hall–Kier alpha value is -8.20. The lowest BCUT2D eigenvalue weighted by atomic mass is 9.66. The van der Waals surface area contributed by atoms with Gasteiger partial charge in [-0.3, -0.25) is 0 Å². The number of hydrogen-bond acceptors (Lipinski definition) is 2. The van der Waals surface area contributed by atoms with Gasteiger partial charge in [0, 0.05) is 34.0 Å². The van der Waals surface area contributed by atoms with Crippen molar-refractivity contribution in [3.63, 3.8) is 0 Å². The van der Waals surface area contributed by atoms with Crippen LogP contribution in [0.3, 0.4) is 0 Å². The lowest BCUT2D eigenvalue weighted by molar-refractivity contribution is 0.436. The van der Waals surface area contributed by atoms with Crippen molar-refractivity contribution in [1.29, 1.82) is 0 Å². The smallest absolute Gasteiger partial charge is 0.132 e. The summed E-state index contributed by atoms with van der Waals surface area (Å²) in [5.41, 5.74) is 21.7. The standard InChI is InChI=1S/C63H43NO/c1-2-15-42(16-3-1)44-33-37-48(38-34-44)64(49-39-35-45(36-40-49)43-29-31-46(32-30-43)54-41-47-17-4-5-18-50(47)51-19-6-7-20-52(51)54)59-26-14-25-58-62(59)53-21-8-9-22-55(53)63(58)56-23-10-12-27-60(56)65-61-28-13-11-24-57(61)63/h1-40,54H,41H2. The minimum atomic E-state index is -0.560. The van der Waals surface area contributed by atoms with Gasteiger partial charge in [0.25, 0.3) is 0 Å². The van der Waals surface area contributed by atoms with E-state index < -0.39 is 5.41 Å². The Labute approximate surface area is 380 Å². The van der Waals surface area contributed by atoms with E-state index in [1.165, 1.54) is 72.3 Å². The predicted octanol–water partition coefficient (Wildman–Crippen LogP) is 16.3. The largest absolute Gasteiger partial charge is 0.457 e. The van der Waals surface area contributed by atoms with Crippen LogP contribution in [0.1, 0.15) is 44.9 Å². The molecular weight excluding hydrogens is 787 g/mol. The van der Waals surface area contributed by atoms with E-state index in [4.69, 9.17) is 4.74 Å². The maximum Gasteiger partial charge on any atom is 0.132 e. The number of rotatable bonds is 6. The Kier molecular flexibility index (Phi) is 8.60. The number of nitrogens with zero attached hydrogens (tertiary/aromatic N) is 1. The molecule has 2 nitrogen and oxygen atoms in total. The van der Waals surface area contributed by atoms with Gasteiger partial charge < -0.3 is 9.64 Å². The zero-order valence-electron chi connectivity index (χ0n) is 35.7. The average Bonchev–Trinajstić information content (AvgIpc) is 3.68. The second-order valence-corrected chi connectivity index (χ2v) is 17.5. The van der Waals surface area contributed by atoms with Gasteiger partial charge in [0.05, 0.1) is 11.1 Å². The third-order valence-electron chi connectivity index (χ3n) is 14.2. The van der Waals surface area contributed by atoms with Crippen LogP contribution in [0.15, 0.2) is 243 Å². The molecule has 0 N–H and O–H groups in total. The summed E-state index contributed by atoms with van der Waals surface area (Å²) in [5, 5.41) is 0. The lowest BCUT2D eigenvalue weighted by Crippen LogP contribution is -2.32. The summed E-state index contributed by atoms with van der Waals surface area (Å²) in [5.74, 6) is 2.11. The van der Waals surface area contributed by atoms with Crippen LogP contribution in [0.2, 0.25) is 0 Å². The predicted molar refractivity (Wildman–Crippen MR) is 267 cm³/mol. The molecule has 13 rings (SSSR count). The van der Waals surface area contributed by atoms with Crippen molar-refractivity contribution in [1.82, 2.24) is 0 Å². The topological polar surface area (TPSA) is 12.5 Å². The van der Waals surface area contributed by atoms with E-state index in [9.17, 15) is 0 Å². The van der Waals surface area contributed by atoms with Gasteiger partial charge in [-0.05, 0) is 116 Å². The Morgan fingerprint density at radius 1 is 0.369 bits per heavy atom. The van der Waals surface area contributed by atoms with Crippen LogP contribution >= 0.6 is 0 Å². The molecule has 0 radical (unpaired) electrons. The molecule has 10 aromatic rings. The monoisotopic (exact) mass is 829 g/mol. The van der Waals surface area contributed by atoms with Crippen molar-refractivity contribution >= 4 is 17.1 Å². The highest BCUT2D eigenvalue weighted by atomic mass is 16.5. The molecule has 0 bridgehead atoms. The van der Waals surface area contributed by atoms with E-state index in [2.05, 4.69) is 248 Å². The quantitative estimate of drug-likeness (QED) is 0.166. The molecule has 0 aromatic heterocycles. The van der Waals surface area contributed by atoms with Gasteiger partial charge in [0.15, 0.2) is 0 Å². The minimum Gasteiger partial charge on any atom is -0.457 e. The van der Waals surface area contributed by atoms with Gasteiger partial charge in [-0.2, -0.15) is 0 Å². The van der Waals surface area contributed by atoms with Crippen LogP contribution in [-0.4, -0.2) is 0 Å². The first kappa shape index (κ1) is 37.4. The molecule has 10 aromatic carbocycles. The molecule has 2 aliphatic carbocycles. The number of anilines is 3. The zero-order valence-corrected chi connectivity index (χ0v) is 35.7. The van der Waals surface area contributed by atoms with Crippen LogP contribution in [0, 0.1) is 0 Å². The van der Waals surface area contributed by atoms with Crippen molar-refractivity contribution in [2.24, 2.45) is 0 Å². The van der Waals surface area contributed by atoms with E-state index in [0.29, 0.717) is 5.92 Å². The number of ether oxygens (including phenoxy) is 1. The molecule has 1 atom stereocenters. The van der Waals surface area contributed by atoms with Crippen molar-refractivity contribution in [3.8, 4) is 56.0 Å². The highest BCUT2D eigenvalue weighted by Crippen LogP contribution is 2.64. The van der Waals surface area contributed by atoms with E-state index >= 15 is 0 Å². The maximum absolute atomic E-state index is 6.66. The third-order valence-corrected chi connectivity index (χ3v) is 14.2. The second kappa shape index (κ2) is 15.0. The summed E-state index contributed by atoms with van der Waals surface area (Å²) in [6, 6.07) is 89.0. The fourth-order valence-electron chi connectivity index (χ4n) is 11.3. The molecule has 0 fully saturated rings. The molecule has 0 saturated carbocycles. The summed E-state index contributed by atoms with van der Waals surface area (Å²) >= 11 is 0. The summed E-state index contributed by atoms with van der Waals surface area (Å²) in [4.78, 5) is 2.45. The molecule has 306 valence electrons. The Morgan fingerprint density at radius 2 is 0.862 bits per heavy atom. The van der Waals surface area contributed by atoms with E-state index in [1.807, 2.05) is 0 Å². The summed E-state index contributed by atoms with van der Waals surface area (Å²) in [6.07, 6.45) is 1.00. The SMILES string of the molecule is c1ccc(-c2ccc(N(c3ccc(-c4ccc(C5Cc6ccccc6-c6ccccc65)cc4)cc3)c3cccc4c3-c3ccccc3C43c4ccccc4Oc4ccccc43)cc2)cc1. The molecule has 2 heteroatoms. The molecule has 1 unspecified atom stereocenters. The fourth-order valence-corrected chi connectivity index (χ4v) is 11.3. The molecule has 3 aliphatic rings. The van der Waals surface area contributed by atoms with Crippen LogP contribution in [0.5, 0.6) is 11.5 Å². The Bertz CT molecular complexity index is 3380. The van der Waals surface area contributed by atoms with E-state index in [-0.39, 0.29) is 0 Å². The van der Waals surface area contributed by atoms with Crippen molar-refractivity contribution in [2.75, 3.05) is 4.90 Å². The highest BCUT2D eigenvalue weighted by Gasteiger charge is 2.51. The van der Waals surface area contributed by atoms with Crippen LogP contribution in [-0.2, 0) is 11.8 Å². The Morgan fingerprint density at radius 3 is 1.52 bits per heavy atom. The first-order valence-corrected chi connectivity index (χ1v) is 22.7. The Balaban J connectivity index is 0.935. The molecular formula is C63H43NO. The second-order valence-electron chi connectivity index (χ2n) is 17.5. The molecule has 1 heterocycles. The third kappa shape index (κ3) is 5.81. The van der Waals surface area contributed by atoms with Gasteiger partial charge in [-0.1, -0.05) is 200 Å². The van der Waals surface area contributed by atoms with Gasteiger partial charge in [0.1, 0.15) is 11.5 Å².